The average Bonchev–Trinajstić information content (AvgIpc) is 2.45. The molecule has 0 saturated heterocycles. The van der Waals surface area contributed by atoms with Crippen LogP contribution in [0.4, 0.5) is 4.39 Å². The van der Waals surface area contributed by atoms with E-state index in [9.17, 15) is 4.39 Å². The lowest BCUT2D eigenvalue weighted by Crippen LogP contribution is -2.24. The highest BCUT2D eigenvalue weighted by atomic mass is 79.9. The molecule has 0 radical (unpaired) electrons. The molecule has 106 valence electrons. The van der Waals surface area contributed by atoms with Crippen LogP contribution >= 0.6 is 15.9 Å². The summed E-state index contributed by atoms with van der Waals surface area (Å²) in [5.41, 5.74) is 2.08. The molecule has 0 spiro atoms. The minimum atomic E-state index is -0.294. The van der Waals surface area contributed by atoms with E-state index in [1.807, 2.05) is 18.2 Å². The molecule has 4 heteroatoms. The highest BCUT2D eigenvalue weighted by Gasteiger charge is 2.14. The van der Waals surface area contributed by atoms with Crippen LogP contribution in [0.3, 0.4) is 0 Å². The summed E-state index contributed by atoms with van der Waals surface area (Å²) in [4.78, 5) is 3.95. The van der Waals surface area contributed by atoms with E-state index in [2.05, 4.69) is 39.2 Å². The molecule has 0 fully saturated rings. The van der Waals surface area contributed by atoms with Gasteiger partial charge in [-0.2, -0.15) is 0 Å². The predicted octanol–water partition coefficient (Wildman–Crippen LogP) is 4.27. The molecule has 0 aliphatic carbocycles. The molecule has 1 heterocycles. The summed E-state index contributed by atoms with van der Waals surface area (Å²) in [7, 11) is 0. The number of pyridine rings is 1. The smallest absolute Gasteiger partial charge is 0.141 e. The minimum Gasteiger partial charge on any atom is -0.310 e. The molecule has 0 bridgehead atoms. The average molecular weight is 337 g/mol. The lowest BCUT2D eigenvalue weighted by molar-refractivity contribution is 0.521. The normalized spacial score (nSPS) is 12.3. The van der Waals surface area contributed by atoms with Crippen LogP contribution in [0.5, 0.6) is 0 Å². The van der Waals surface area contributed by atoms with Crippen LogP contribution in [0.2, 0.25) is 0 Å². The van der Waals surface area contributed by atoms with E-state index in [-0.39, 0.29) is 11.9 Å². The summed E-state index contributed by atoms with van der Waals surface area (Å²) in [5.74, 6) is -0.294. The number of hydrogen-bond acceptors (Lipinski definition) is 2. The Bertz CT molecular complexity index is 560. The lowest BCUT2D eigenvalue weighted by Gasteiger charge is -2.19. The Morgan fingerprint density at radius 1 is 1.30 bits per heavy atom. The Balaban J connectivity index is 2.21. The van der Waals surface area contributed by atoms with Crippen molar-refractivity contribution in [2.24, 2.45) is 0 Å². The molecular weight excluding hydrogens is 319 g/mol. The van der Waals surface area contributed by atoms with Crippen LogP contribution in [0.25, 0.3) is 0 Å². The van der Waals surface area contributed by atoms with E-state index in [0.717, 1.165) is 29.4 Å². The molecular formula is C16H18BrFN2. The first-order valence-electron chi connectivity index (χ1n) is 6.78. The van der Waals surface area contributed by atoms with E-state index in [0.29, 0.717) is 0 Å². The van der Waals surface area contributed by atoms with Crippen molar-refractivity contribution in [2.75, 3.05) is 6.54 Å². The second-order valence-corrected chi connectivity index (χ2v) is 5.59. The van der Waals surface area contributed by atoms with Gasteiger partial charge < -0.3 is 5.32 Å². The number of nitrogens with one attached hydrogen (secondary N) is 1. The van der Waals surface area contributed by atoms with Crippen molar-refractivity contribution in [3.05, 3.63) is 64.1 Å². The molecule has 2 nitrogen and oxygen atoms in total. The summed E-state index contributed by atoms with van der Waals surface area (Å²) < 4.78 is 14.4. The molecule has 0 saturated carbocycles. The van der Waals surface area contributed by atoms with Crippen LogP contribution in [0.1, 0.15) is 30.5 Å². The maximum atomic E-state index is 13.4. The largest absolute Gasteiger partial charge is 0.310 e. The zero-order chi connectivity index (χ0) is 14.4. The van der Waals surface area contributed by atoms with Crippen molar-refractivity contribution in [1.82, 2.24) is 10.3 Å². The van der Waals surface area contributed by atoms with Crippen LogP contribution < -0.4 is 5.32 Å². The van der Waals surface area contributed by atoms with Gasteiger partial charge in [-0.25, -0.2) is 4.39 Å². The Morgan fingerprint density at radius 3 is 2.80 bits per heavy atom. The molecule has 0 amide bonds. The summed E-state index contributed by atoms with van der Waals surface area (Å²) in [6, 6.07) is 9.73. The molecule has 2 rings (SSSR count). The van der Waals surface area contributed by atoms with E-state index < -0.39 is 0 Å². The summed E-state index contributed by atoms with van der Waals surface area (Å²) in [5, 5.41) is 3.46. The van der Waals surface area contributed by atoms with Gasteiger partial charge in [0.25, 0.3) is 0 Å². The standard InChI is InChI=1S/C16H18BrFN2/c1-2-7-20-16(13-8-14(18)11-19-10-13)9-12-5-3-4-6-15(12)17/h3-6,8,10-11,16,20H,2,7,9H2,1H3. The summed E-state index contributed by atoms with van der Waals surface area (Å²) in [6.07, 6.45) is 4.80. The number of nitrogens with zero attached hydrogens (tertiary/aromatic N) is 1. The Morgan fingerprint density at radius 2 is 2.10 bits per heavy atom. The van der Waals surface area contributed by atoms with Gasteiger partial charge in [0, 0.05) is 16.7 Å². The van der Waals surface area contributed by atoms with Crippen molar-refractivity contribution in [2.45, 2.75) is 25.8 Å². The third kappa shape index (κ3) is 4.12. The van der Waals surface area contributed by atoms with Crippen LogP contribution in [-0.2, 0) is 6.42 Å². The molecule has 0 aliphatic rings. The zero-order valence-corrected chi connectivity index (χ0v) is 13.0. The van der Waals surface area contributed by atoms with Gasteiger partial charge in [0.2, 0.25) is 0 Å². The number of halogens is 2. The molecule has 1 aromatic carbocycles. The van der Waals surface area contributed by atoms with Gasteiger partial charge >= 0.3 is 0 Å². The first kappa shape index (κ1) is 15.1. The minimum absolute atomic E-state index is 0.0665. The van der Waals surface area contributed by atoms with Crippen molar-refractivity contribution in [3.63, 3.8) is 0 Å². The SMILES string of the molecule is CCCNC(Cc1ccccc1Br)c1cncc(F)c1. The Kier molecular flexibility index (Phi) is 5.68. The zero-order valence-electron chi connectivity index (χ0n) is 11.4. The fraction of sp³-hybridized carbons (Fsp3) is 0.312. The second kappa shape index (κ2) is 7.50. The summed E-state index contributed by atoms with van der Waals surface area (Å²) >= 11 is 3.56. The fourth-order valence-corrected chi connectivity index (χ4v) is 2.58. The number of hydrogen-bond donors (Lipinski definition) is 1. The van der Waals surface area contributed by atoms with Crippen LogP contribution in [0, 0.1) is 5.82 Å². The van der Waals surface area contributed by atoms with Gasteiger partial charge in [-0.3, -0.25) is 4.98 Å². The second-order valence-electron chi connectivity index (χ2n) is 4.74. The van der Waals surface area contributed by atoms with E-state index in [1.165, 1.54) is 11.8 Å². The maximum Gasteiger partial charge on any atom is 0.141 e. The van der Waals surface area contributed by atoms with Crippen molar-refractivity contribution in [3.8, 4) is 0 Å². The van der Waals surface area contributed by atoms with E-state index in [1.54, 1.807) is 12.3 Å². The summed E-state index contributed by atoms with van der Waals surface area (Å²) in [6.45, 7) is 3.01. The number of benzene rings is 1. The van der Waals surface area contributed by atoms with Gasteiger partial charge in [0.05, 0.1) is 6.20 Å². The Labute approximate surface area is 127 Å². The highest BCUT2D eigenvalue weighted by Crippen LogP contribution is 2.23. The van der Waals surface area contributed by atoms with Gasteiger partial charge in [0.15, 0.2) is 0 Å². The first-order valence-corrected chi connectivity index (χ1v) is 7.57. The van der Waals surface area contributed by atoms with Gasteiger partial charge in [-0.15, -0.1) is 0 Å². The molecule has 20 heavy (non-hydrogen) atoms. The lowest BCUT2D eigenvalue weighted by atomic mass is 10.00. The molecule has 1 unspecified atom stereocenters. The van der Waals surface area contributed by atoms with E-state index in [4.69, 9.17) is 0 Å². The first-order chi connectivity index (χ1) is 9.70. The molecule has 2 aromatic rings. The maximum absolute atomic E-state index is 13.4. The van der Waals surface area contributed by atoms with Crippen molar-refractivity contribution in [1.29, 1.82) is 0 Å². The molecule has 1 atom stereocenters. The van der Waals surface area contributed by atoms with Gasteiger partial charge in [-0.1, -0.05) is 41.1 Å². The van der Waals surface area contributed by atoms with Gasteiger partial charge in [-0.05, 0) is 42.6 Å². The van der Waals surface area contributed by atoms with Gasteiger partial charge in [0.1, 0.15) is 5.82 Å². The quantitative estimate of drug-likeness (QED) is 0.852. The predicted molar refractivity (Wildman–Crippen MR) is 83.1 cm³/mol. The fourth-order valence-electron chi connectivity index (χ4n) is 2.13. The van der Waals surface area contributed by atoms with Crippen LogP contribution in [0.15, 0.2) is 47.2 Å². The number of rotatable bonds is 6. The van der Waals surface area contributed by atoms with Crippen molar-refractivity contribution >= 4 is 15.9 Å². The monoisotopic (exact) mass is 336 g/mol. The van der Waals surface area contributed by atoms with E-state index >= 15 is 0 Å². The van der Waals surface area contributed by atoms with Crippen LogP contribution in [-0.4, -0.2) is 11.5 Å². The van der Waals surface area contributed by atoms with Crippen molar-refractivity contribution < 1.29 is 4.39 Å². The molecule has 0 aliphatic heterocycles. The molecule has 1 N–H and O–H groups in total. The highest BCUT2D eigenvalue weighted by molar-refractivity contribution is 9.10. The number of aromatic nitrogens is 1. The topological polar surface area (TPSA) is 24.9 Å². The third-order valence-corrected chi connectivity index (χ3v) is 3.92. The third-order valence-electron chi connectivity index (χ3n) is 3.15. The molecule has 1 aromatic heterocycles. The Hall–Kier alpha value is -1.26.